The highest BCUT2D eigenvalue weighted by Gasteiger charge is 2.48. The quantitative estimate of drug-likeness (QED) is 0.164. The zero-order chi connectivity index (χ0) is 89.8. The number of fused-ring (bicyclic) bond motifs is 54. The molecule has 27 aromatic rings. The van der Waals surface area contributed by atoms with Crippen molar-refractivity contribution in [2.45, 2.75) is 0 Å². The molecular weight excluding hydrogens is 1680 g/mol. The molecule has 0 amide bonds. The standard InChI is InChI=1S/3C42H25BN2O/c1-2-12-26(13-3-1)44-37-23-22-34-41(42(37)32-25-40-31(24-38(32)44)29-16-7-11-21-39(29)46-40)30-17-6-10-20-36(30)45-35-19-9-5-15-28(35)27-14-4-8-18-33(27)43(34)45;1-2-12-26(13-3-1)44-39-23-34-30-17-7-11-21-41(30)46-42(34)24-33(39)32-22-31-29-16-6-10-20-38(29)45-37-19-9-5-15-28(37)27-14-4-8-18-35(27)43(45)36(31)25-40(32)44;1-2-12-26(13-3-1)44-40-32(33-24-25-34-30-17-7-11-21-38(30)46-42(34)41(33)44)23-22-31-29-16-6-10-20-37(29)45-36-19-9-5-15-28(36)27-14-4-8-18-35(27)43(45)39(31)40/h3*1-25H. The van der Waals surface area contributed by atoms with E-state index in [9.17, 15) is 0 Å². The zero-order valence-electron chi connectivity index (χ0n) is 74.4. The van der Waals surface area contributed by atoms with Crippen molar-refractivity contribution < 1.29 is 13.3 Å². The summed E-state index contributed by atoms with van der Waals surface area (Å²) in [5.41, 5.74) is 46.8. The van der Waals surface area contributed by atoms with Crippen molar-refractivity contribution in [1.29, 1.82) is 0 Å². The minimum atomic E-state index is -0.0161. The molecule has 6 aliphatic rings. The van der Waals surface area contributed by atoms with Crippen molar-refractivity contribution in [3.05, 3.63) is 455 Å². The van der Waals surface area contributed by atoms with Crippen LogP contribution in [0, 0.1) is 0 Å². The molecule has 0 saturated heterocycles. The fraction of sp³-hybridized carbons (Fsp3) is 0. The molecule has 0 radical (unpaired) electrons. The second-order valence-corrected chi connectivity index (χ2v) is 37.4. The lowest BCUT2D eigenvalue weighted by atomic mass is 9.43. The van der Waals surface area contributed by atoms with Gasteiger partial charge in [-0.1, -0.05) is 315 Å². The summed E-state index contributed by atoms with van der Waals surface area (Å²) in [6, 6.07) is 166. The first-order chi connectivity index (χ1) is 68.5. The third-order valence-corrected chi connectivity index (χ3v) is 30.5. The minimum absolute atomic E-state index is 0.0161. The molecule has 636 valence electrons. The maximum absolute atomic E-state index is 6.74. The number of para-hydroxylation sites is 12. The molecule has 21 aromatic carbocycles. The number of hydrogen-bond donors (Lipinski definition) is 0. The van der Waals surface area contributed by atoms with E-state index in [1.54, 1.807) is 0 Å². The Morgan fingerprint density at radius 1 is 0.174 bits per heavy atom. The predicted molar refractivity (Wildman–Crippen MR) is 578 cm³/mol. The molecule has 138 heavy (non-hydrogen) atoms. The van der Waals surface area contributed by atoms with E-state index < -0.39 is 0 Å². The van der Waals surface area contributed by atoms with Crippen molar-refractivity contribution >= 4 is 219 Å². The number of aromatic nitrogens is 3. The van der Waals surface area contributed by atoms with Gasteiger partial charge in [0.15, 0.2) is 5.58 Å². The molecule has 12 heterocycles. The Bertz CT molecular complexity index is 9960. The van der Waals surface area contributed by atoms with Crippen LogP contribution in [0.2, 0.25) is 0 Å². The number of rotatable bonds is 3. The molecule has 6 aromatic heterocycles. The summed E-state index contributed by atoms with van der Waals surface area (Å²) in [6.45, 7) is 0.0750. The van der Waals surface area contributed by atoms with Gasteiger partial charge in [-0.3, -0.25) is 0 Å². The van der Waals surface area contributed by atoms with E-state index in [2.05, 4.69) is 471 Å². The predicted octanol–water partition coefficient (Wildman–Crippen LogP) is 28.8. The van der Waals surface area contributed by atoms with E-state index in [0.717, 1.165) is 88.4 Å². The van der Waals surface area contributed by atoms with E-state index in [0.29, 0.717) is 0 Å². The number of furan rings is 3. The molecule has 0 atom stereocenters. The van der Waals surface area contributed by atoms with Gasteiger partial charge in [0.05, 0.1) is 33.1 Å². The molecule has 33 rings (SSSR count). The highest BCUT2D eigenvalue weighted by molar-refractivity contribution is 6.95. The molecule has 0 spiro atoms. The van der Waals surface area contributed by atoms with Gasteiger partial charge in [0.1, 0.15) is 27.9 Å². The molecule has 6 aliphatic heterocycles. The fourth-order valence-corrected chi connectivity index (χ4v) is 25.0. The SMILES string of the molecule is c1ccc(-n2c3c4c(ccc3c3ccc5c6ccccc6oc5c32)-c2ccccc2N2B4c3ccccc3-c3ccccc32)cc1.c1ccc(-n2c3cc4c(cc3c3c5c(ccc32)B2c3ccccc3-c3ccccc3N2c2ccccc2-5)oc2ccccc24)cc1.c1ccc(-n2c3cc4c(cc3c3cc5oc6ccccc6c5cc32)-c2ccccc2N2B4c3ccccc3-c3ccccc32)cc1. The van der Waals surface area contributed by atoms with Crippen LogP contribution in [0.25, 0.3) is 215 Å². The Morgan fingerprint density at radius 3 is 1.06 bits per heavy atom. The minimum Gasteiger partial charge on any atom is -0.456 e. The normalized spacial score (nSPS) is 13.1. The summed E-state index contributed by atoms with van der Waals surface area (Å²) in [5, 5.41) is 14.2. The first-order valence-electron chi connectivity index (χ1n) is 47.7. The van der Waals surface area contributed by atoms with Crippen molar-refractivity contribution in [1.82, 2.24) is 13.7 Å². The van der Waals surface area contributed by atoms with Crippen LogP contribution in [0.5, 0.6) is 0 Å². The second kappa shape index (κ2) is 28.8. The van der Waals surface area contributed by atoms with Crippen LogP contribution >= 0.6 is 0 Å². The molecule has 0 bridgehead atoms. The smallest absolute Gasteiger partial charge is 0.331 e. The van der Waals surface area contributed by atoms with Gasteiger partial charge < -0.3 is 41.4 Å². The topological polar surface area (TPSA) is 63.9 Å². The van der Waals surface area contributed by atoms with E-state index in [-0.39, 0.29) is 20.5 Å². The molecule has 9 nitrogen and oxygen atoms in total. The van der Waals surface area contributed by atoms with Crippen LogP contribution < -0.4 is 47.2 Å². The third-order valence-electron chi connectivity index (χ3n) is 30.5. The molecule has 0 aliphatic carbocycles. The number of nitrogens with zero attached hydrogens (tertiary/aromatic N) is 6. The van der Waals surface area contributed by atoms with Crippen LogP contribution in [0.3, 0.4) is 0 Å². The number of anilines is 6. The van der Waals surface area contributed by atoms with Gasteiger partial charge in [-0.05, 0) is 206 Å². The summed E-state index contributed by atoms with van der Waals surface area (Å²) in [4.78, 5) is 7.71. The van der Waals surface area contributed by atoms with Crippen molar-refractivity contribution in [3.63, 3.8) is 0 Å². The first kappa shape index (κ1) is 75.5. The van der Waals surface area contributed by atoms with E-state index in [1.807, 2.05) is 12.1 Å². The molecule has 0 N–H and O–H groups in total. The Labute approximate surface area is 793 Å². The van der Waals surface area contributed by atoms with Crippen molar-refractivity contribution in [2.75, 3.05) is 14.4 Å². The Morgan fingerprint density at radius 2 is 0.529 bits per heavy atom. The first-order valence-corrected chi connectivity index (χ1v) is 47.7. The zero-order valence-corrected chi connectivity index (χ0v) is 74.4. The van der Waals surface area contributed by atoms with E-state index in [4.69, 9.17) is 13.3 Å². The lowest BCUT2D eigenvalue weighted by Gasteiger charge is -2.43. The van der Waals surface area contributed by atoms with E-state index in [1.165, 1.54) is 194 Å². The average Bonchev–Trinajstić information content (AvgIpc) is 1.48. The van der Waals surface area contributed by atoms with Crippen LogP contribution in [-0.2, 0) is 0 Å². The average molecular weight is 1750 g/mol. The third kappa shape index (κ3) is 10.5. The molecule has 0 fully saturated rings. The van der Waals surface area contributed by atoms with Crippen LogP contribution in [0.15, 0.2) is 468 Å². The van der Waals surface area contributed by atoms with Gasteiger partial charge in [-0.25, -0.2) is 0 Å². The van der Waals surface area contributed by atoms with Crippen molar-refractivity contribution in [2.24, 2.45) is 0 Å². The maximum atomic E-state index is 6.74. The number of hydrogen-bond acceptors (Lipinski definition) is 6. The molecule has 12 heteroatoms. The summed E-state index contributed by atoms with van der Waals surface area (Å²) in [7, 11) is 0. The monoisotopic (exact) mass is 1750 g/mol. The molecule has 0 unspecified atom stereocenters. The van der Waals surface area contributed by atoms with Gasteiger partial charge in [-0.2, -0.15) is 0 Å². The van der Waals surface area contributed by atoms with Gasteiger partial charge in [-0.15, -0.1) is 0 Å². The lowest BCUT2D eigenvalue weighted by molar-refractivity contribution is 0.669. The Kier molecular flexibility index (Phi) is 15.8. The molecule has 0 saturated carbocycles. The fourth-order valence-electron chi connectivity index (χ4n) is 25.0. The molecular formula is C126H75B3N6O3. The van der Waals surface area contributed by atoms with Crippen LogP contribution in [0.4, 0.5) is 34.1 Å². The highest BCUT2D eigenvalue weighted by Crippen LogP contribution is 2.55. The Balaban J connectivity index is 0.0000000959. The van der Waals surface area contributed by atoms with Gasteiger partial charge in [0.25, 0.3) is 0 Å². The summed E-state index contributed by atoms with van der Waals surface area (Å²) in [5.74, 6) is 0. The maximum Gasteiger partial charge on any atom is 0.331 e. The summed E-state index contributed by atoms with van der Waals surface area (Å²) < 4.78 is 27.0. The van der Waals surface area contributed by atoms with Gasteiger partial charge >= 0.3 is 20.5 Å². The van der Waals surface area contributed by atoms with Gasteiger partial charge in [0, 0.05) is 149 Å². The summed E-state index contributed by atoms with van der Waals surface area (Å²) >= 11 is 0. The van der Waals surface area contributed by atoms with Gasteiger partial charge in [0.2, 0.25) is 0 Å². The van der Waals surface area contributed by atoms with Crippen molar-refractivity contribution in [3.8, 4) is 83.8 Å². The lowest BCUT2D eigenvalue weighted by Crippen LogP contribution is -2.60. The largest absolute Gasteiger partial charge is 0.456 e. The summed E-state index contributed by atoms with van der Waals surface area (Å²) in [6.07, 6.45) is 0. The van der Waals surface area contributed by atoms with E-state index >= 15 is 0 Å². The highest BCUT2D eigenvalue weighted by atomic mass is 16.3. The number of benzene rings is 21. The Hall–Kier alpha value is -18.0. The van der Waals surface area contributed by atoms with Crippen LogP contribution in [-0.4, -0.2) is 34.2 Å². The second-order valence-electron chi connectivity index (χ2n) is 37.4. The van der Waals surface area contributed by atoms with Crippen LogP contribution in [0.1, 0.15) is 0 Å².